The molecule has 0 saturated heterocycles. The zero-order valence-electron chi connectivity index (χ0n) is 14.1. The summed E-state index contributed by atoms with van der Waals surface area (Å²) in [5, 5.41) is 8.48. The minimum absolute atomic E-state index is 0.00377. The van der Waals surface area contributed by atoms with Crippen molar-refractivity contribution in [3.63, 3.8) is 0 Å². The number of ether oxygens (including phenoxy) is 1. The summed E-state index contributed by atoms with van der Waals surface area (Å²) in [5.74, 6) is 0.488. The Morgan fingerprint density at radius 2 is 2.24 bits per heavy atom. The van der Waals surface area contributed by atoms with Crippen LogP contribution in [0, 0.1) is 0 Å². The Kier molecular flexibility index (Phi) is 4.83. The largest absolute Gasteiger partial charge is 0.481 e. The second kappa shape index (κ2) is 7.21. The van der Waals surface area contributed by atoms with Crippen molar-refractivity contribution >= 4 is 17.6 Å². The van der Waals surface area contributed by atoms with Crippen LogP contribution in [0.3, 0.4) is 0 Å². The lowest BCUT2D eigenvalue weighted by Crippen LogP contribution is -2.36. The van der Waals surface area contributed by atoms with Gasteiger partial charge in [0, 0.05) is 24.0 Å². The number of nitrogens with one attached hydrogen (secondary N) is 3. The van der Waals surface area contributed by atoms with Gasteiger partial charge in [-0.1, -0.05) is 18.2 Å². The van der Waals surface area contributed by atoms with Gasteiger partial charge in [0.15, 0.2) is 0 Å². The van der Waals surface area contributed by atoms with E-state index in [4.69, 9.17) is 4.74 Å². The van der Waals surface area contributed by atoms with E-state index in [0.717, 1.165) is 22.4 Å². The lowest BCUT2D eigenvalue weighted by atomic mass is 10.0. The van der Waals surface area contributed by atoms with Crippen LogP contribution >= 0.6 is 0 Å². The van der Waals surface area contributed by atoms with Gasteiger partial charge < -0.3 is 20.7 Å². The molecule has 0 spiro atoms. The first-order valence-electron chi connectivity index (χ1n) is 8.01. The Labute approximate surface area is 145 Å². The molecular weight excluding hydrogens is 320 g/mol. The molecule has 0 fully saturated rings. The molecule has 1 atom stereocenters. The molecule has 2 heterocycles. The molecule has 0 aliphatic carbocycles. The minimum atomic E-state index is -0.284. The molecule has 130 valence electrons. The zero-order chi connectivity index (χ0) is 17.8. The van der Waals surface area contributed by atoms with Gasteiger partial charge in [0.1, 0.15) is 0 Å². The monoisotopic (exact) mass is 340 g/mol. The van der Waals surface area contributed by atoms with Gasteiger partial charge in [-0.2, -0.15) is 0 Å². The highest BCUT2D eigenvalue weighted by molar-refractivity contribution is 5.99. The Bertz CT molecular complexity index is 807. The summed E-state index contributed by atoms with van der Waals surface area (Å²) >= 11 is 0. The van der Waals surface area contributed by atoms with Crippen LogP contribution in [0.2, 0.25) is 0 Å². The van der Waals surface area contributed by atoms with E-state index in [1.807, 2.05) is 31.2 Å². The van der Waals surface area contributed by atoms with Crippen molar-refractivity contribution in [1.29, 1.82) is 0 Å². The van der Waals surface area contributed by atoms with E-state index in [2.05, 4.69) is 20.9 Å². The minimum Gasteiger partial charge on any atom is -0.481 e. The second-order valence-corrected chi connectivity index (χ2v) is 5.86. The summed E-state index contributed by atoms with van der Waals surface area (Å²) in [6.07, 6.45) is 2.01. The normalized spacial score (nSPS) is 13.6. The van der Waals surface area contributed by atoms with E-state index in [1.165, 1.54) is 0 Å². The first-order chi connectivity index (χ1) is 12.1. The SMILES string of the molecule is COc1ncccc1CNC(=O)NC(C)c1ccc2c(c1)CC(=O)N2. The number of hydrogen-bond donors (Lipinski definition) is 3. The summed E-state index contributed by atoms with van der Waals surface area (Å²) in [5.41, 5.74) is 3.55. The van der Waals surface area contributed by atoms with E-state index >= 15 is 0 Å². The highest BCUT2D eigenvalue weighted by atomic mass is 16.5. The number of hydrogen-bond acceptors (Lipinski definition) is 4. The molecule has 0 radical (unpaired) electrons. The Morgan fingerprint density at radius 3 is 3.04 bits per heavy atom. The predicted molar refractivity (Wildman–Crippen MR) is 93.4 cm³/mol. The Morgan fingerprint density at radius 1 is 1.40 bits per heavy atom. The Hall–Kier alpha value is -3.09. The van der Waals surface area contributed by atoms with Crippen LogP contribution in [-0.2, 0) is 17.8 Å². The number of nitrogens with zero attached hydrogens (tertiary/aromatic N) is 1. The van der Waals surface area contributed by atoms with Gasteiger partial charge in [-0.3, -0.25) is 4.79 Å². The fraction of sp³-hybridized carbons (Fsp3) is 0.278. The van der Waals surface area contributed by atoms with Crippen LogP contribution in [0.4, 0.5) is 10.5 Å². The molecule has 1 unspecified atom stereocenters. The van der Waals surface area contributed by atoms with Gasteiger partial charge in [-0.15, -0.1) is 0 Å². The first-order valence-corrected chi connectivity index (χ1v) is 8.01. The molecule has 1 aliphatic rings. The number of fused-ring (bicyclic) bond motifs is 1. The van der Waals surface area contributed by atoms with Crippen LogP contribution in [-0.4, -0.2) is 24.0 Å². The molecule has 1 aromatic heterocycles. The van der Waals surface area contributed by atoms with Crippen molar-refractivity contribution in [2.75, 3.05) is 12.4 Å². The van der Waals surface area contributed by atoms with Gasteiger partial charge in [0.2, 0.25) is 11.8 Å². The van der Waals surface area contributed by atoms with Crippen LogP contribution in [0.25, 0.3) is 0 Å². The number of amides is 3. The molecule has 3 amide bonds. The molecule has 1 aromatic carbocycles. The van der Waals surface area contributed by atoms with Crippen LogP contribution in [0.15, 0.2) is 36.5 Å². The van der Waals surface area contributed by atoms with Gasteiger partial charge in [-0.25, -0.2) is 9.78 Å². The van der Waals surface area contributed by atoms with Crippen molar-refractivity contribution in [3.05, 3.63) is 53.2 Å². The first kappa shape index (κ1) is 16.8. The standard InChI is InChI=1S/C18H20N4O3/c1-11(12-5-6-15-14(8-12)9-16(23)22-15)21-18(24)20-10-13-4-3-7-19-17(13)25-2/h3-8,11H,9-10H2,1-2H3,(H,22,23)(H2,20,21,24). The molecule has 7 heteroatoms. The lowest BCUT2D eigenvalue weighted by Gasteiger charge is -2.16. The number of aromatic nitrogens is 1. The fourth-order valence-electron chi connectivity index (χ4n) is 2.77. The molecule has 7 nitrogen and oxygen atoms in total. The number of urea groups is 1. The van der Waals surface area contributed by atoms with E-state index in [0.29, 0.717) is 18.8 Å². The smallest absolute Gasteiger partial charge is 0.315 e. The molecule has 2 aromatic rings. The third-order valence-electron chi connectivity index (χ3n) is 4.08. The maximum absolute atomic E-state index is 12.1. The van der Waals surface area contributed by atoms with E-state index in [-0.39, 0.29) is 18.0 Å². The van der Waals surface area contributed by atoms with E-state index in [9.17, 15) is 9.59 Å². The van der Waals surface area contributed by atoms with Crippen LogP contribution in [0.1, 0.15) is 29.7 Å². The number of benzene rings is 1. The molecule has 3 rings (SSSR count). The van der Waals surface area contributed by atoms with Crippen molar-refractivity contribution in [3.8, 4) is 5.88 Å². The summed E-state index contributed by atoms with van der Waals surface area (Å²) in [6, 6.07) is 8.89. The number of carbonyl (C=O) groups excluding carboxylic acids is 2. The van der Waals surface area contributed by atoms with Crippen molar-refractivity contribution in [1.82, 2.24) is 15.6 Å². The number of carbonyl (C=O) groups is 2. The van der Waals surface area contributed by atoms with Crippen LogP contribution < -0.4 is 20.7 Å². The number of anilines is 1. The van der Waals surface area contributed by atoms with Crippen LogP contribution in [0.5, 0.6) is 5.88 Å². The summed E-state index contributed by atoms with van der Waals surface area (Å²) in [6.45, 7) is 2.22. The summed E-state index contributed by atoms with van der Waals surface area (Å²) < 4.78 is 5.16. The topological polar surface area (TPSA) is 92.3 Å². The quantitative estimate of drug-likeness (QED) is 0.777. The average Bonchev–Trinajstić information content (AvgIpc) is 2.99. The van der Waals surface area contributed by atoms with E-state index in [1.54, 1.807) is 19.4 Å². The molecular formula is C18H20N4O3. The van der Waals surface area contributed by atoms with Crippen molar-refractivity contribution in [2.45, 2.75) is 25.9 Å². The number of methoxy groups -OCH3 is 1. The van der Waals surface area contributed by atoms with Gasteiger partial charge >= 0.3 is 6.03 Å². The third-order valence-corrected chi connectivity index (χ3v) is 4.08. The highest BCUT2D eigenvalue weighted by Crippen LogP contribution is 2.26. The van der Waals surface area contributed by atoms with Gasteiger partial charge in [0.25, 0.3) is 0 Å². The molecule has 25 heavy (non-hydrogen) atoms. The number of pyridine rings is 1. The fourth-order valence-corrected chi connectivity index (χ4v) is 2.77. The number of rotatable bonds is 5. The summed E-state index contributed by atoms with van der Waals surface area (Å²) in [4.78, 5) is 27.7. The molecule has 0 bridgehead atoms. The van der Waals surface area contributed by atoms with Crippen molar-refractivity contribution < 1.29 is 14.3 Å². The zero-order valence-corrected chi connectivity index (χ0v) is 14.1. The highest BCUT2D eigenvalue weighted by Gasteiger charge is 2.19. The molecule has 3 N–H and O–H groups in total. The predicted octanol–water partition coefficient (Wildman–Crippen LogP) is 2.15. The van der Waals surface area contributed by atoms with Crippen molar-refractivity contribution in [2.24, 2.45) is 0 Å². The third kappa shape index (κ3) is 3.88. The second-order valence-electron chi connectivity index (χ2n) is 5.86. The lowest BCUT2D eigenvalue weighted by molar-refractivity contribution is -0.115. The average molecular weight is 340 g/mol. The molecule has 0 saturated carbocycles. The maximum Gasteiger partial charge on any atom is 0.315 e. The summed E-state index contributed by atoms with van der Waals surface area (Å²) in [7, 11) is 1.54. The van der Waals surface area contributed by atoms with Gasteiger partial charge in [-0.05, 0) is 30.2 Å². The van der Waals surface area contributed by atoms with Gasteiger partial charge in [0.05, 0.1) is 19.6 Å². The molecule has 1 aliphatic heterocycles. The maximum atomic E-state index is 12.1. The van der Waals surface area contributed by atoms with E-state index < -0.39 is 0 Å². The Balaban J connectivity index is 1.58.